The maximum atomic E-state index is 12.1. The predicted octanol–water partition coefficient (Wildman–Crippen LogP) is 3.69. The largest absolute Gasteiger partial charge is 0.452 e. The van der Waals surface area contributed by atoms with Crippen molar-refractivity contribution in [1.29, 1.82) is 0 Å². The van der Waals surface area contributed by atoms with Crippen LogP contribution >= 0.6 is 11.6 Å². The van der Waals surface area contributed by atoms with Crippen molar-refractivity contribution in [2.24, 2.45) is 0 Å². The molecular weight excluding hydrogens is 326 g/mol. The summed E-state index contributed by atoms with van der Waals surface area (Å²) < 4.78 is 5.07. The van der Waals surface area contributed by atoms with Crippen molar-refractivity contribution in [2.45, 2.75) is 25.3 Å². The molecule has 0 bridgehead atoms. The van der Waals surface area contributed by atoms with E-state index in [-0.39, 0.29) is 18.6 Å². The van der Waals surface area contributed by atoms with Crippen molar-refractivity contribution in [3.8, 4) is 0 Å². The Kier molecular flexibility index (Phi) is 5.16. The molecule has 2 aromatic rings. The van der Waals surface area contributed by atoms with Crippen molar-refractivity contribution in [1.82, 2.24) is 5.32 Å². The summed E-state index contributed by atoms with van der Waals surface area (Å²) in [6.07, 6.45) is 2.97. The monoisotopic (exact) mass is 343 g/mol. The lowest BCUT2D eigenvalue weighted by Gasteiger charge is -2.26. The molecule has 0 spiro atoms. The number of esters is 1. The lowest BCUT2D eigenvalue weighted by atomic mass is 9.88. The highest BCUT2D eigenvalue weighted by Gasteiger charge is 2.21. The third kappa shape index (κ3) is 3.95. The fourth-order valence-electron chi connectivity index (χ4n) is 2.94. The molecule has 0 saturated carbocycles. The van der Waals surface area contributed by atoms with Crippen LogP contribution in [0, 0.1) is 0 Å². The molecule has 0 heterocycles. The Morgan fingerprint density at radius 3 is 2.67 bits per heavy atom. The zero-order valence-electron chi connectivity index (χ0n) is 13.1. The first-order valence-corrected chi connectivity index (χ1v) is 8.31. The quantitative estimate of drug-likeness (QED) is 0.861. The van der Waals surface area contributed by atoms with Gasteiger partial charge in [-0.1, -0.05) is 35.9 Å². The van der Waals surface area contributed by atoms with Gasteiger partial charge in [0.15, 0.2) is 6.61 Å². The number of carbonyl (C=O) groups is 2. The second-order valence-corrected chi connectivity index (χ2v) is 6.23. The van der Waals surface area contributed by atoms with E-state index in [1.807, 2.05) is 18.2 Å². The second kappa shape index (κ2) is 7.49. The van der Waals surface area contributed by atoms with Crippen LogP contribution in [-0.2, 0) is 16.0 Å². The highest BCUT2D eigenvalue weighted by molar-refractivity contribution is 6.30. The van der Waals surface area contributed by atoms with Gasteiger partial charge in [0, 0.05) is 5.02 Å². The third-order valence-corrected chi connectivity index (χ3v) is 4.37. The van der Waals surface area contributed by atoms with Crippen molar-refractivity contribution in [3.63, 3.8) is 0 Å². The molecule has 1 aliphatic rings. The molecule has 1 atom stereocenters. The van der Waals surface area contributed by atoms with Gasteiger partial charge in [-0.3, -0.25) is 4.79 Å². The minimum atomic E-state index is -0.536. The molecule has 0 aliphatic heterocycles. The molecule has 5 heteroatoms. The van der Waals surface area contributed by atoms with Gasteiger partial charge in [0.1, 0.15) is 0 Å². The third-order valence-electron chi connectivity index (χ3n) is 4.12. The number of hydrogen-bond acceptors (Lipinski definition) is 3. The van der Waals surface area contributed by atoms with E-state index < -0.39 is 5.97 Å². The molecule has 3 rings (SSSR count). The average molecular weight is 344 g/mol. The number of rotatable bonds is 4. The maximum Gasteiger partial charge on any atom is 0.338 e. The number of halogens is 1. The molecule has 1 amide bonds. The standard InChI is InChI=1S/C19H18ClNO3/c20-15-10-8-14(9-11-15)19(23)24-12-18(22)21-17-7-3-5-13-4-1-2-6-16(13)17/h1-2,4,6,8-11,17H,3,5,7,12H2,(H,21,22)/t17-/m0/s1. The zero-order chi connectivity index (χ0) is 16.9. The van der Waals surface area contributed by atoms with Crippen LogP contribution in [0.1, 0.15) is 40.4 Å². The highest BCUT2D eigenvalue weighted by atomic mass is 35.5. The molecular formula is C19H18ClNO3. The van der Waals surface area contributed by atoms with Crippen LogP contribution in [0.25, 0.3) is 0 Å². The number of fused-ring (bicyclic) bond motifs is 1. The van der Waals surface area contributed by atoms with Gasteiger partial charge < -0.3 is 10.1 Å². The van der Waals surface area contributed by atoms with Gasteiger partial charge >= 0.3 is 5.97 Å². The number of benzene rings is 2. The van der Waals surface area contributed by atoms with Gasteiger partial charge in [0.05, 0.1) is 11.6 Å². The van der Waals surface area contributed by atoms with E-state index in [4.69, 9.17) is 16.3 Å². The van der Waals surface area contributed by atoms with Crippen LogP contribution in [0.3, 0.4) is 0 Å². The molecule has 4 nitrogen and oxygen atoms in total. The number of nitrogens with one attached hydrogen (secondary N) is 1. The number of hydrogen-bond donors (Lipinski definition) is 1. The van der Waals surface area contributed by atoms with Gasteiger partial charge in [-0.25, -0.2) is 4.79 Å². The van der Waals surface area contributed by atoms with Crippen LogP contribution in [0.2, 0.25) is 5.02 Å². The van der Waals surface area contributed by atoms with Gasteiger partial charge in [0.25, 0.3) is 5.91 Å². The van der Waals surface area contributed by atoms with Crippen LogP contribution < -0.4 is 5.32 Å². The lowest BCUT2D eigenvalue weighted by molar-refractivity contribution is -0.125. The molecule has 24 heavy (non-hydrogen) atoms. The highest BCUT2D eigenvalue weighted by Crippen LogP contribution is 2.29. The van der Waals surface area contributed by atoms with Crippen LogP contribution in [0.4, 0.5) is 0 Å². The van der Waals surface area contributed by atoms with E-state index in [1.54, 1.807) is 24.3 Å². The SMILES string of the molecule is O=C(COC(=O)c1ccc(Cl)cc1)N[C@H]1CCCc2ccccc21. The van der Waals surface area contributed by atoms with E-state index in [0.29, 0.717) is 10.6 Å². The van der Waals surface area contributed by atoms with Crippen molar-refractivity contribution in [2.75, 3.05) is 6.61 Å². The minimum Gasteiger partial charge on any atom is -0.452 e. The molecule has 0 radical (unpaired) electrons. The molecule has 0 unspecified atom stereocenters. The topological polar surface area (TPSA) is 55.4 Å². The van der Waals surface area contributed by atoms with Crippen LogP contribution in [-0.4, -0.2) is 18.5 Å². The zero-order valence-corrected chi connectivity index (χ0v) is 13.9. The summed E-state index contributed by atoms with van der Waals surface area (Å²) in [4.78, 5) is 24.0. The molecule has 1 N–H and O–H groups in total. The molecule has 124 valence electrons. The van der Waals surface area contributed by atoms with Crippen LogP contribution in [0.5, 0.6) is 0 Å². The smallest absolute Gasteiger partial charge is 0.338 e. The maximum absolute atomic E-state index is 12.1. The summed E-state index contributed by atoms with van der Waals surface area (Å²) in [5.41, 5.74) is 2.79. The Morgan fingerprint density at radius 1 is 1.12 bits per heavy atom. The first-order valence-electron chi connectivity index (χ1n) is 7.93. The number of aryl methyl sites for hydroxylation is 1. The number of carbonyl (C=O) groups excluding carboxylic acids is 2. The Bertz CT molecular complexity index is 743. The molecule has 1 aliphatic carbocycles. The first-order chi connectivity index (χ1) is 11.6. The van der Waals surface area contributed by atoms with E-state index in [2.05, 4.69) is 11.4 Å². The van der Waals surface area contributed by atoms with E-state index in [9.17, 15) is 9.59 Å². The van der Waals surface area contributed by atoms with Gasteiger partial charge in [-0.05, 0) is 54.7 Å². The molecule has 2 aromatic carbocycles. The molecule has 0 saturated heterocycles. The minimum absolute atomic E-state index is 0.0170. The van der Waals surface area contributed by atoms with E-state index in [0.717, 1.165) is 24.8 Å². The van der Waals surface area contributed by atoms with Crippen LogP contribution in [0.15, 0.2) is 48.5 Å². The predicted molar refractivity (Wildman–Crippen MR) is 92.0 cm³/mol. The Labute approximate surface area is 145 Å². The fraction of sp³-hybridized carbons (Fsp3) is 0.263. The van der Waals surface area contributed by atoms with Gasteiger partial charge in [-0.2, -0.15) is 0 Å². The molecule has 0 aromatic heterocycles. The summed E-state index contributed by atoms with van der Waals surface area (Å²) in [6.45, 7) is -0.292. The van der Waals surface area contributed by atoms with Gasteiger partial charge in [0.2, 0.25) is 0 Å². The summed E-state index contributed by atoms with van der Waals surface area (Å²) in [7, 11) is 0. The van der Waals surface area contributed by atoms with E-state index in [1.165, 1.54) is 5.56 Å². The van der Waals surface area contributed by atoms with Gasteiger partial charge in [-0.15, -0.1) is 0 Å². The Morgan fingerprint density at radius 2 is 1.88 bits per heavy atom. The molecule has 0 fully saturated rings. The summed E-state index contributed by atoms with van der Waals surface area (Å²) in [5, 5.41) is 3.50. The number of amides is 1. The van der Waals surface area contributed by atoms with Crippen molar-refractivity contribution < 1.29 is 14.3 Å². The first kappa shape index (κ1) is 16.5. The Balaban J connectivity index is 1.55. The summed E-state index contributed by atoms with van der Waals surface area (Å²) in [6, 6.07) is 14.5. The second-order valence-electron chi connectivity index (χ2n) is 5.79. The average Bonchev–Trinajstić information content (AvgIpc) is 2.61. The summed E-state index contributed by atoms with van der Waals surface area (Å²) in [5.74, 6) is -0.829. The van der Waals surface area contributed by atoms with Crippen molar-refractivity contribution in [3.05, 3.63) is 70.2 Å². The Hall–Kier alpha value is -2.33. The fourth-order valence-corrected chi connectivity index (χ4v) is 3.07. The normalized spacial score (nSPS) is 16.1. The van der Waals surface area contributed by atoms with E-state index >= 15 is 0 Å². The van der Waals surface area contributed by atoms with Crippen molar-refractivity contribution >= 4 is 23.5 Å². The summed E-state index contributed by atoms with van der Waals surface area (Å²) >= 11 is 5.78. The number of ether oxygens (including phenoxy) is 1. The lowest BCUT2D eigenvalue weighted by Crippen LogP contribution is -2.34.